The Kier molecular flexibility index (Phi) is 14.2. The second-order valence-electron chi connectivity index (χ2n) is 7.18. The Balaban J connectivity index is 4.24. The summed E-state index contributed by atoms with van der Waals surface area (Å²) >= 11 is 0. The van der Waals surface area contributed by atoms with Gasteiger partial charge in [0.15, 0.2) is 5.79 Å². The summed E-state index contributed by atoms with van der Waals surface area (Å²) in [4.78, 5) is 2.27. The van der Waals surface area contributed by atoms with Crippen molar-refractivity contribution in [2.45, 2.75) is 91.3 Å². The van der Waals surface area contributed by atoms with Crippen LogP contribution in [-0.2, 0) is 9.47 Å². The van der Waals surface area contributed by atoms with E-state index in [0.717, 1.165) is 32.0 Å². The van der Waals surface area contributed by atoms with E-state index in [1.165, 1.54) is 51.5 Å². The largest absolute Gasteiger partial charge is 0.350 e. The SMILES string of the molecule is CCCCCC(CCCC(C)CCCN(C)C)(OCC)OCC. The van der Waals surface area contributed by atoms with Crippen LogP contribution in [0.3, 0.4) is 0 Å². The topological polar surface area (TPSA) is 21.7 Å². The molecule has 0 heterocycles. The minimum atomic E-state index is -0.331. The Morgan fingerprint density at radius 3 is 1.91 bits per heavy atom. The highest BCUT2D eigenvalue weighted by atomic mass is 16.7. The average Bonchev–Trinajstić information content (AvgIpc) is 2.47. The lowest BCUT2D eigenvalue weighted by molar-refractivity contribution is -0.242. The van der Waals surface area contributed by atoms with Crippen LogP contribution in [-0.4, -0.2) is 44.5 Å². The van der Waals surface area contributed by atoms with Crippen molar-refractivity contribution < 1.29 is 9.47 Å². The number of hydrogen-bond donors (Lipinski definition) is 0. The molecule has 0 fully saturated rings. The summed E-state index contributed by atoms with van der Waals surface area (Å²) in [6.07, 6.45) is 10.9. The van der Waals surface area contributed by atoms with Gasteiger partial charge in [-0.3, -0.25) is 0 Å². The van der Waals surface area contributed by atoms with E-state index < -0.39 is 0 Å². The van der Waals surface area contributed by atoms with Crippen LogP contribution < -0.4 is 0 Å². The van der Waals surface area contributed by atoms with E-state index in [-0.39, 0.29) is 5.79 Å². The highest BCUT2D eigenvalue weighted by Crippen LogP contribution is 2.29. The summed E-state index contributed by atoms with van der Waals surface area (Å²) in [6, 6.07) is 0. The van der Waals surface area contributed by atoms with Gasteiger partial charge in [0.1, 0.15) is 0 Å². The van der Waals surface area contributed by atoms with E-state index in [4.69, 9.17) is 9.47 Å². The van der Waals surface area contributed by atoms with E-state index in [9.17, 15) is 0 Å². The molecule has 23 heavy (non-hydrogen) atoms. The molecule has 0 rings (SSSR count). The third kappa shape index (κ3) is 12.0. The van der Waals surface area contributed by atoms with Crippen LogP contribution in [0.5, 0.6) is 0 Å². The molecule has 1 atom stereocenters. The van der Waals surface area contributed by atoms with Gasteiger partial charge >= 0.3 is 0 Å². The Morgan fingerprint density at radius 1 is 0.826 bits per heavy atom. The van der Waals surface area contributed by atoms with Crippen molar-refractivity contribution in [3.63, 3.8) is 0 Å². The molecule has 0 aromatic carbocycles. The first-order valence-corrected chi connectivity index (χ1v) is 9.92. The first-order chi connectivity index (χ1) is 11.0. The van der Waals surface area contributed by atoms with Gasteiger partial charge in [0.05, 0.1) is 0 Å². The zero-order valence-corrected chi connectivity index (χ0v) is 16.8. The number of nitrogens with zero attached hydrogens (tertiary/aromatic N) is 1. The van der Waals surface area contributed by atoms with E-state index in [2.05, 4.69) is 46.7 Å². The Hall–Kier alpha value is -0.120. The van der Waals surface area contributed by atoms with Crippen LogP contribution in [0.2, 0.25) is 0 Å². The lowest BCUT2D eigenvalue weighted by Gasteiger charge is -2.34. The minimum absolute atomic E-state index is 0.331. The summed E-state index contributed by atoms with van der Waals surface area (Å²) in [5.74, 6) is 0.466. The van der Waals surface area contributed by atoms with Gasteiger partial charge in [-0.05, 0) is 66.1 Å². The van der Waals surface area contributed by atoms with Crippen LogP contribution in [0.15, 0.2) is 0 Å². The van der Waals surface area contributed by atoms with Crippen molar-refractivity contribution >= 4 is 0 Å². The molecule has 0 aromatic rings. The first-order valence-electron chi connectivity index (χ1n) is 9.92. The van der Waals surface area contributed by atoms with Crippen LogP contribution in [0, 0.1) is 5.92 Å². The van der Waals surface area contributed by atoms with Gasteiger partial charge < -0.3 is 14.4 Å². The van der Waals surface area contributed by atoms with Gasteiger partial charge in [0.2, 0.25) is 0 Å². The fourth-order valence-electron chi connectivity index (χ4n) is 3.25. The Bertz CT molecular complexity index is 250. The first kappa shape index (κ1) is 22.9. The third-order valence-corrected chi connectivity index (χ3v) is 4.53. The zero-order valence-electron chi connectivity index (χ0n) is 16.8. The molecule has 0 radical (unpaired) electrons. The smallest absolute Gasteiger partial charge is 0.168 e. The maximum Gasteiger partial charge on any atom is 0.168 e. The van der Waals surface area contributed by atoms with Gasteiger partial charge in [0.25, 0.3) is 0 Å². The third-order valence-electron chi connectivity index (χ3n) is 4.53. The fourth-order valence-corrected chi connectivity index (χ4v) is 3.25. The zero-order chi connectivity index (χ0) is 17.6. The van der Waals surface area contributed by atoms with Crippen molar-refractivity contribution in [1.82, 2.24) is 4.90 Å². The van der Waals surface area contributed by atoms with Gasteiger partial charge in [0, 0.05) is 26.1 Å². The highest BCUT2D eigenvalue weighted by molar-refractivity contribution is 4.71. The number of hydrogen-bond acceptors (Lipinski definition) is 3. The molecule has 0 amide bonds. The molecule has 0 bridgehead atoms. The molecule has 140 valence electrons. The molecule has 0 aliphatic heterocycles. The van der Waals surface area contributed by atoms with Crippen LogP contribution in [0.1, 0.15) is 85.5 Å². The Morgan fingerprint density at radius 2 is 1.39 bits per heavy atom. The van der Waals surface area contributed by atoms with Crippen molar-refractivity contribution in [1.29, 1.82) is 0 Å². The highest BCUT2D eigenvalue weighted by Gasteiger charge is 2.30. The standard InChI is InChI=1S/C20H43NO2/c1-7-10-11-16-20(22-8-2,23-9-3)17-12-14-19(4)15-13-18-21(5)6/h19H,7-18H2,1-6H3. The fraction of sp³-hybridized carbons (Fsp3) is 1.00. The summed E-state index contributed by atoms with van der Waals surface area (Å²) in [5.41, 5.74) is 0. The molecule has 0 spiro atoms. The molecule has 1 unspecified atom stereocenters. The number of rotatable bonds is 16. The van der Waals surface area contributed by atoms with E-state index in [0.29, 0.717) is 0 Å². The molecular formula is C20H43NO2. The molecule has 0 saturated carbocycles. The predicted molar refractivity (Wildman–Crippen MR) is 101 cm³/mol. The van der Waals surface area contributed by atoms with Crippen molar-refractivity contribution in [3.05, 3.63) is 0 Å². The van der Waals surface area contributed by atoms with Gasteiger partial charge in [-0.1, -0.05) is 33.1 Å². The van der Waals surface area contributed by atoms with E-state index in [1.807, 2.05) is 0 Å². The molecule has 0 N–H and O–H groups in total. The predicted octanol–water partition coefficient (Wildman–Crippen LogP) is 5.48. The van der Waals surface area contributed by atoms with Crippen molar-refractivity contribution in [3.8, 4) is 0 Å². The van der Waals surface area contributed by atoms with Gasteiger partial charge in [-0.25, -0.2) is 0 Å². The van der Waals surface area contributed by atoms with Crippen LogP contribution in [0.25, 0.3) is 0 Å². The minimum Gasteiger partial charge on any atom is -0.350 e. The summed E-state index contributed by atoms with van der Waals surface area (Å²) in [5, 5.41) is 0. The monoisotopic (exact) mass is 329 g/mol. The van der Waals surface area contributed by atoms with Crippen LogP contribution >= 0.6 is 0 Å². The molecule has 0 aromatic heterocycles. The molecule has 0 aliphatic rings. The van der Waals surface area contributed by atoms with Crippen molar-refractivity contribution in [2.75, 3.05) is 33.9 Å². The lowest BCUT2D eigenvalue weighted by Crippen LogP contribution is -2.36. The summed E-state index contributed by atoms with van der Waals surface area (Å²) in [7, 11) is 4.30. The quantitative estimate of drug-likeness (QED) is 0.276. The summed E-state index contributed by atoms with van der Waals surface area (Å²) < 4.78 is 12.2. The molecule has 0 aliphatic carbocycles. The normalized spacial score (nSPS) is 13.7. The van der Waals surface area contributed by atoms with E-state index >= 15 is 0 Å². The molecule has 3 heteroatoms. The maximum absolute atomic E-state index is 6.08. The average molecular weight is 330 g/mol. The van der Waals surface area contributed by atoms with E-state index in [1.54, 1.807) is 0 Å². The maximum atomic E-state index is 6.08. The van der Waals surface area contributed by atoms with Crippen LogP contribution in [0.4, 0.5) is 0 Å². The second-order valence-corrected chi connectivity index (χ2v) is 7.18. The van der Waals surface area contributed by atoms with Gasteiger partial charge in [-0.2, -0.15) is 0 Å². The second kappa shape index (κ2) is 14.2. The molecule has 3 nitrogen and oxygen atoms in total. The lowest BCUT2D eigenvalue weighted by atomic mass is 9.94. The molecule has 0 saturated heterocycles. The number of unbranched alkanes of at least 4 members (excludes halogenated alkanes) is 2. The Labute approximate surface area is 146 Å². The van der Waals surface area contributed by atoms with Crippen molar-refractivity contribution in [2.24, 2.45) is 5.92 Å². The number of ether oxygens (including phenoxy) is 2. The summed E-state index contributed by atoms with van der Waals surface area (Å²) in [6.45, 7) is 11.5. The molecular weight excluding hydrogens is 286 g/mol. The van der Waals surface area contributed by atoms with Gasteiger partial charge in [-0.15, -0.1) is 0 Å².